The third-order valence-corrected chi connectivity index (χ3v) is 6.50. The van der Waals surface area contributed by atoms with Crippen molar-refractivity contribution in [2.24, 2.45) is 0 Å². The van der Waals surface area contributed by atoms with Crippen LogP contribution in [0, 0.1) is 5.82 Å². The monoisotopic (exact) mass is 502 g/mol. The lowest BCUT2D eigenvalue weighted by atomic mass is 10.0. The number of carbonyl (C=O) groups excluding carboxylic acids is 1. The van der Waals surface area contributed by atoms with Crippen LogP contribution in [0.2, 0.25) is 10.0 Å². The molecule has 4 rings (SSSR count). The second-order valence-corrected chi connectivity index (χ2v) is 8.91. The molecule has 0 aliphatic carbocycles. The van der Waals surface area contributed by atoms with Gasteiger partial charge in [0, 0.05) is 48.5 Å². The molecule has 0 spiro atoms. The van der Waals surface area contributed by atoms with E-state index in [0.717, 1.165) is 42.9 Å². The van der Waals surface area contributed by atoms with Gasteiger partial charge in [-0.1, -0.05) is 47.5 Å². The quantitative estimate of drug-likeness (QED) is 0.469. The number of nitrogens with one attached hydrogen (secondary N) is 1. The number of amides is 1. The highest BCUT2D eigenvalue weighted by atomic mass is 35.5. The lowest BCUT2D eigenvalue weighted by molar-refractivity contribution is -0.131. The Balaban J connectivity index is 1.49. The Bertz CT molecular complexity index is 1180. The van der Waals surface area contributed by atoms with E-state index in [0.29, 0.717) is 22.8 Å². The fraction of sp³-hybridized carbons (Fsp3) is 0.280. The summed E-state index contributed by atoms with van der Waals surface area (Å²) >= 11 is 12.3. The van der Waals surface area contributed by atoms with Crippen molar-refractivity contribution in [2.45, 2.75) is 19.4 Å². The van der Waals surface area contributed by atoms with Crippen LogP contribution in [-0.4, -0.2) is 42.0 Å². The normalized spacial score (nSPS) is 14.6. The van der Waals surface area contributed by atoms with Gasteiger partial charge in [0.2, 0.25) is 5.91 Å². The predicted octanol–water partition coefficient (Wildman–Crippen LogP) is 4.89. The van der Waals surface area contributed by atoms with Crippen molar-refractivity contribution >= 4 is 34.9 Å². The summed E-state index contributed by atoms with van der Waals surface area (Å²) in [7, 11) is 0. The number of pyridine rings is 1. The van der Waals surface area contributed by atoms with Crippen LogP contribution >= 0.6 is 23.2 Å². The zero-order chi connectivity index (χ0) is 24.2. The van der Waals surface area contributed by atoms with Gasteiger partial charge in [-0.2, -0.15) is 0 Å². The molecule has 1 unspecified atom stereocenters. The van der Waals surface area contributed by atoms with Gasteiger partial charge in [0.25, 0.3) is 0 Å². The maximum absolute atomic E-state index is 13.9. The summed E-state index contributed by atoms with van der Waals surface area (Å²) in [4.78, 5) is 18.6. The molecule has 178 valence electrons. The highest BCUT2D eigenvalue weighted by molar-refractivity contribution is 6.36. The van der Waals surface area contributed by atoms with Gasteiger partial charge in [-0.15, -0.1) is 0 Å². The number of halogens is 3. The summed E-state index contributed by atoms with van der Waals surface area (Å²) in [6.45, 7) is 4.84. The minimum absolute atomic E-state index is 0.0892. The number of piperazine rings is 1. The minimum Gasteiger partial charge on any atom is -0.482 e. The molecule has 1 aliphatic heterocycles. The van der Waals surface area contributed by atoms with Crippen molar-refractivity contribution in [2.75, 3.05) is 31.9 Å². The smallest absolute Gasteiger partial charge is 0.227 e. The largest absolute Gasteiger partial charge is 0.482 e. The van der Waals surface area contributed by atoms with E-state index in [1.165, 1.54) is 12.1 Å². The van der Waals surface area contributed by atoms with E-state index in [1.54, 1.807) is 19.2 Å². The summed E-state index contributed by atoms with van der Waals surface area (Å²) in [5.41, 5.74) is 8.99. The van der Waals surface area contributed by atoms with Gasteiger partial charge in [-0.3, -0.25) is 4.79 Å². The van der Waals surface area contributed by atoms with Crippen molar-refractivity contribution in [3.63, 3.8) is 0 Å². The molecule has 9 heteroatoms. The van der Waals surface area contributed by atoms with Crippen LogP contribution in [0.25, 0.3) is 11.1 Å². The number of anilines is 1. The van der Waals surface area contributed by atoms with Crippen molar-refractivity contribution in [3.8, 4) is 16.9 Å². The Hall–Kier alpha value is -2.87. The third-order valence-electron chi connectivity index (χ3n) is 5.78. The van der Waals surface area contributed by atoms with Crippen molar-refractivity contribution in [3.05, 3.63) is 75.7 Å². The second-order valence-electron chi connectivity index (χ2n) is 8.13. The van der Waals surface area contributed by atoms with Gasteiger partial charge in [0.15, 0.2) is 11.6 Å². The molecule has 2 heterocycles. The Morgan fingerprint density at radius 2 is 1.88 bits per heavy atom. The molecule has 0 radical (unpaired) electrons. The molecule has 3 N–H and O–H groups in total. The number of carbonyl (C=O) groups is 1. The van der Waals surface area contributed by atoms with Crippen molar-refractivity contribution in [1.29, 1.82) is 0 Å². The SMILES string of the molecule is CC(Oc1cc(-c2ccc(CC(=O)N3CCNCC3)cc2)cnc1N)c1c(Cl)ccc(F)c1Cl. The Morgan fingerprint density at radius 3 is 2.59 bits per heavy atom. The molecule has 0 saturated carbocycles. The van der Waals surface area contributed by atoms with Crippen LogP contribution in [0.15, 0.2) is 48.7 Å². The average molecular weight is 503 g/mol. The standard InChI is InChI=1S/C25H25Cl2FN4O2/c1-15(23-19(26)6-7-20(28)24(23)27)34-21-13-18(14-31-25(21)29)17-4-2-16(3-5-17)12-22(33)32-10-8-30-9-11-32/h2-7,13-15,30H,8-12H2,1H3,(H2,29,31). The average Bonchev–Trinajstić information content (AvgIpc) is 2.84. The molecule has 6 nitrogen and oxygen atoms in total. The molecule has 0 bridgehead atoms. The number of ether oxygens (including phenoxy) is 1. The lowest BCUT2D eigenvalue weighted by Gasteiger charge is -2.27. The highest BCUT2D eigenvalue weighted by Crippen LogP contribution is 2.37. The topological polar surface area (TPSA) is 80.5 Å². The van der Waals surface area contributed by atoms with Gasteiger partial charge < -0.3 is 20.7 Å². The molecule has 3 aromatic rings. The molecule has 1 amide bonds. The van der Waals surface area contributed by atoms with Crippen molar-refractivity contribution in [1.82, 2.24) is 15.2 Å². The zero-order valence-corrected chi connectivity index (χ0v) is 20.2. The molecule has 2 aromatic carbocycles. The summed E-state index contributed by atoms with van der Waals surface area (Å²) in [5.74, 6) is 0.0754. The predicted molar refractivity (Wildman–Crippen MR) is 133 cm³/mol. The Morgan fingerprint density at radius 1 is 1.18 bits per heavy atom. The van der Waals surface area contributed by atoms with E-state index in [1.807, 2.05) is 29.2 Å². The van der Waals surface area contributed by atoms with Crippen LogP contribution in [0.3, 0.4) is 0 Å². The van der Waals surface area contributed by atoms with Crippen LogP contribution < -0.4 is 15.8 Å². The summed E-state index contributed by atoms with van der Waals surface area (Å²) < 4.78 is 19.9. The second kappa shape index (κ2) is 10.6. The highest BCUT2D eigenvalue weighted by Gasteiger charge is 2.20. The lowest BCUT2D eigenvalue weighted by Crippen LogP contribution is -2.46. The van der Waals surface area contributed by atoms with E-state index in [-0.39, 0.29) is 16.7 Å². The van der Waals surface area contributed by atoms with Crippen molar-refractivity contribution < 1.29 is 13.9 Å². The molecule has 1 fully saturated rings. The van der Waals surface area contributed by atoms with Gasteiger partial charge >= 0.3 is 0 Å². The first kappa shape index (κ1) is 24.3. The molecule has 1 saturated heterocycles. The molecular formula is C25H25Cl2FN4O2. The first-order valence-electron chi connectivity index (χ1n) is 11.0. The number of hydrogen-bond acceptors (Lipinski definition) is 5. The zero-order valence-electron chi connectivity index (χ0n) is 18.7. The number of nitrogen functional groups attached to an aromatic ring is 1. The van der Waals surface area contributed by atoms with Crippen LogP contribution in [0.4, 0.5) is 10.2 Å². The molecule has 1 aromatic heterocycles. The van der Waals surface area contributed by atoms with Gasteiger partial charge in [-0.25, -0.2) is 9.37 Å². The Labute approximate surface area is 207 Å². The van der Waals surface area contributed by atoms with E-state index in [2.05, 4.69) is 10.3 Å². The maximum Gasteiger partial charge on any atom is 0.227 e. The Kier molecular flexibility index (Phi) is 7.56. The van der Waals surface area contributed by atoms with E-state index in [4.69, 9.17) is 33.7 Å². The van der Waals surface area contributed by atoms with Crippen LogP contribution in [0.5, 0.6) is 5.75 Å². The summed E-state index contributed by atoms with van der Waals surface area (Å²) in [5, 5.41) is 3.46. The first-order valence-corrected chi connectivity index (χ1v) is 11.7. The van der Waals surface area contributed by atoms with Gasteiger partial charge in [0.05, 0.1) is 11.4 Å². The summed E-state index contributed by atoms with van der Waals surface area (Å²) in [6, 6.07) is 12.1. The molecule has 34 heavy (non-hydrogen) atoms. The van der Waals surface area contributed by atoms with Crippen LogP contribution in [0.1, 0.15) is 24.2 Å². The fourth-order valence-electron chi connectivity index (χ4n) is 3.89. The first-order chi connectivity index (χ1) is 16.3. The van der Waals surface area contributed by atoms with Crippen LogP contribution in [-0.2, 0) is 11.2 Å². The number of nitrogens with zero attached hydrogens (tertiary/aromatic N) is 2. The third kappa shape index (κ3) is 5.43. The molecular weight excluding hydrogens is 478 g/mol. The molecule has 1 aliphatic rings. The molecule has 1 atom stereocenters. The van der Waals surface area contributed by atoms with E-state index >= 15 is 0 Å². The maximum atomic E-state index is 13.9. The number of rotatable bonds is 6. The number of hydrogen-bond donors (Lipinski definition) is 2. The summed E-state index contributed by atoms with van der Waals surface area (Å²) in [6.07, 6.45) is 1.35. The van der Waals surface area contributed by atoms with Gasteiger partial charge in [-0.05, 0) is 36.2 Å². The van der Waals surface area contributed by atoms with E-state index < -0.39 is 11.9 Å². The fourth-order valence-corrected chi connectivity index (χ4v) is 4.57. The number of benzene rings is 2. The van der Waals surface area contributed by atoms with Gasteiger partial charge in [0.1, 0.15) is 11.9 Å². The number of nitrogens with two attached hydrogens (primary N) is 1. The van der Waals surface area contributed by atoms with E-state index in [9.17, 15) is 9.18 Å². The number of aromatic nitrogens is 1. The minimum atomic E-state index is -0.659.